The zero-order valence-corrected chi connectivity index (χ0v) is 23.0. The van der Waals surface area contributed by atoms with Crippen molar-refractivity contribution in [2.45, 2.75) is 32.5 Å². The number of benzene rings is 2. The van der Waals surface area contributed by atoms with Crippen LogP contribution in [0.2, 0.25) is 5.02 Å². The summed E-state index contributed by atoms with van der Waals surface area (Å²) in [6, 6.07) is 6.60. The number of hydrazine groups is 2. The van der Waals surface area contributed by atoms with Crippen LogP contribution in [-0.2, 0) is 19.8 Å². The summed E-state index contributed by atoms with van der Waals surface area (Å²) in [7, 11) is 3.22. The van der Waals surface area contributed by atoms with E-state index in [0.717, 1.165) is 55.0 Å². The van der Waals surface area contributed by atoms with E-state index in [9.17, 15) is 18.0 Å². The molecule has 0 atom stereocenters. The Labute approximate surface area is 234 Å². The van der Waals surface area contributed by atoms with Gasteiger partial charge in [0.05, 0.1) is 41.0 Å². The third kappa shape index (κ3) is 5.60. The van der Waals surface area contributed by atoms with Crippen LogP contribution in [0, 0.1) is 6.92 Å². The first-order valence-electron chi connectivity index (χ1n) is 12.7. The molecular formula is C27H29ClF3N7O2. The van der Waals surface area contributed by atoms with E-state index in [1.54, 1.807) is 34.2 Å². The molecule has 40 heavy (non-hydrogen) atoms. The van der Waals surface area contributed by atoms with Gasteiger partial charge in [-0.15, -0.1) is 5.53 Å². The highest BCUT2D eigenvalue weighted by Crippen LogP contribution is 2.39. The molecule has 5 rings (SSSR count). The molecule has 3 N–H and O–H groups in total. The first-order chi connectivity index (χ1) is 19.0. The molecule has 0 unspecified atom stereocenters. The molecule has 2 aliphatic heterocycles. The monoisotopic (exact) mass is 575 g/mol. The Morgan fingerprint density at radius 2 is 1.95 bits per heavy atom. The standard InChI is InChI=1S/C27H29ClF3N7O2/c1-16-20(13-32-36(16)2)23-15-38(35-34-23)24-11-17(6-7-21(24)28)26(39)33-22-12-19(27(29,30)31)10-18(25(22)40-3)14-37-8-4-5-9-37/h6-7,10-13,15,34-35H,4-5,8-9,14H2,1-3H3,(H,33,39). The first-order valence-corrected chi connectivity index (χ1v) is 13.1. The fourth-order valence-corrected chi connectivity index (χ4v) is 5.07. The van der Waals surface area contributed by atoms with Crippen molar-refractivity contribution in [3.05, 3.63) is 75.7 Å². The average Bonchev–Trinajstić information content (AvgIpc) is 3.67. The van der Waals surface area contributed by atoms with Crippen LogP contribution in [0.3, 0.4) is 0 Å². The van der Waals surface area contributed by atoms with E-state index in [4.69, 9.17) is 16.3 Å². The third-order valence-electron chi connectivity index (χ3n) is 7.10. The smallest absolute Gasteiger partial charge is 0.416 e. The average molecular weight is 576 g/mol. The topological polar surface area (TPSA) is 86.7 Å². The minimum atomic E-state index is -4.59. The molecule has 1 aromatic heterocycles. The van der Waals surface area contributed by atoms with E-state index < -0.39 is 17.6 Å². The number of carbonyl (C=O) groups excluding carboxylic acids is 1. The Hall–Kier alpha value is -3.74. The summed E-state index contributed by atoms with van der Waals surface area (Å²) in [5, 5.41) is 8.85. The summed E-state index contributed by atoms with van der Waals surface area (Å²) < 4.78 is 48.6. The normalized spacial score (nSPS) is 15.8. The van der Waals surface area contributed by atoms with Gasteiger partial charge in [-0.1, -0.05) is 11.6 Å². The van der Waals surface area contributed by atoms with Crippen molar-refractivity contribution < 1.29 is 22.7 Å². The van der Waals surface area contributed by atoms with Crippen molar-refractivity contribution in [1.29, 1.82) is 0 Å². The molecular weight excluding hydrogens is 547 g/mol. The largest absolute Gasteiger partial charge is 0.494 e. The summed E-state index contributed by atoms with van der Waals surface area (Å²) in [5.41, 5.74) is 8.73. The molecule has 0 radical (unpaired) electrons. The quantitative estimate of drug-likeness (QED) is 0.362. The second kappa shape index (κ2) is 11.0. The van der Waals surface area contributed by atoms with Crippen molar-refractivity contribution in [2.75, 3.05) is 30.5 Å². The number of methoxy groups -OCH3 is 1. The highest BCUT2D eigenvalue weighted by Gasteiger charge is 2.33. The van der Waals surface area contributed by atoms with Gasteiger partial charge in [0.15, 0.2) is 0 Å². The van der Waals surface area contributed by atoms with Crippen LogP contribution >= 0.6 is 11.6 Å². The molecule has 13 heteroatoms. The van der Waals surface area contributed by atoms with Gasteiger partial charge in [0, 0.05) is 42.2 Å². The van der Waals surface area contributed by atoms with E-state index >= 15 is 0 Å². The molecule has 1 saturated heterocycles. The van der Waals surface area contributed by atoms with Crippen LogP contribution in [0.25, 0.3) is 5.70 Å². The van der Waals surface area contributed by atoms with Gasteiger partial charge >= 0.3 is 6.18 Å². The molecule has 3 aromatic rings. The number of aromatic nitrogens is 2. The van der Waals surface area contributed by atoms with Crippen LogP contribution in [0.15, 0.2) is 42.7 Å². The maximum Gasteiger partial charge on any atom is 0.416 e. The van der Waals surface area contributed by atoms with E-state index in [0.29, 0.717) is 22.8 Å². The maximum atomic E-state index is 13.8. The lowest BCUT2D eigenvalue weighted by molar-refractivity contribution is -0.137. The molecule has 3 heterocycles. The summed E-state index contributed by atoms with van der Waals surface area (Å²) >= 11 is 6.45. The van der Waals surface area contributed by atoms with Crippen LogP contribution in [0.5, 0.6) is 5.75 Å². The molecule has 2 aliphatic rings. The minimum Gasteiger partial charge on any atom is -0.494 e. The molecule has 0 spiro atoms. The maximum absolute atomic E-state index is 13.8. The number of nitrogens with one attached hydrogen (secondary N) is 3. The minimum absolute atomic E-state index is 0.0526. The van der Waals surface area contributed by atoms with E-state index in [2.05, 4.69) is 26.3 Å². The number of ether oxygens (including phenoxy) is 1. The number of nitrogens with zero attached hydrogens (tertiary/aromatic N) is 4. The molecule has 212 valence electrons. The Kier molecular flexibility index (Phi) is 7.67. The predicted molar refractivity (Wildman–Crippen MR) is 147 cm³/mol. The van der Waals surface area contributed by atoms with Gasteiger partial charge in [0.25, 0.3) is 5.91 Å². The number of alkyl halides is 3. The molecule has 0 saturated carbocycles. The third-order valence-corrected chi connectivity index (χ3v) is 7.42. The molecule has 0 bridgehead atoms. The molecule has 9 nitrogen and oxygen atoms in total. The highest BCUT2D eigenvalue weighted by molar-refractivity contribution is 6.33. The predicted octanol–water partition coefficient (Wildman–Crippen LogP) is 5.09. The number of amides is 1. The number of halogens is 4. The van der Waals surface area contributed by atoms with Crippen LogP contribution < -0.4 is 26.0 Å². The fraction of sp³-hybridized carbons (Fsp3) is 0.333. The lowest BCUT2D eigenvalue weighted by Crippen LogP contribution is -2.36. The van der Waals surface area contributed by atoms with Crippen LogP contribution in [0.1, 0.15) is 45.6 Å². The van der Waals surface area contributed by atoms with Gasteiger partial charge in [0.1, 0.15) is 5.75 Å². The molecule has 2 aromatic carbocycles. The van der Waals surface area contributed by atoms with Crippen LogP contribution in [-0.4, -0.2) is 40.8 Å². The molecule has 1 amide bonds. The zero-order valence-electron chi connectivity index (χ0n) is 22.2. The first kappa shape index (κ1) is 27.8. The summed E-state index contributed by atoms with van der Waals surface area (Å²) in [6.45, 7) is 3.82. The number of rotatable bonds is 7. The molecule has 0 aliphatic carbocycles. The van der Waals surface area contributed by atoms with Crippen molar-refractivity contribution in [1.82, 2.24) is 25.6 Å². The molecule has 1 fully saturated rings. The number of anilines is 2. The Morgan fingerprint density at radius 3 is 2.60 bits per heavy atom. The number of likely N-dealkylation sites (tertiary alicyclic amines) is 1. The SMILES string of the molecule is COc1c(CN2CCCC2)cc(C(F)(F)F)cc1NC(=O)c1ccc(Cl)c(N2C=C(c3cnn(C)c3C)NN2)c1. The summed E-state index contributed by atoms with van der Waals surface area (Å²) in [4.78, 5) is 15.4. The van der Waals surface area contributed by atoms with E-state index in [1.165, 1.54) is 13.2 Å². The van der Waals surface area contributed by atoms with E-state index in [1.807, 2.05) is 14.0 Å². The van der Waals surface area contributed by atoms with Gasteiger partial charge in [-0.05, 0) is 63.2 Å². The zero-order chi connectivity index (χ0) is 28.6. The summed E-state index contributed by atoms with van der Waals surface area (Å²) in [6.07, 6.45) is 0.885. The van der Waals surface area contributed by atoms with Gasteiger partial charge in [-0.25, -0.2) is 0 Å². The lowest BCUT2D eigenvalue weighted by Gasteiger charge is -2.22. The second-order valence-corrected chi connectivity index (χ2v) is 10.1. The Balaban J connectivity index is 1.43. The number of aryl methyl sites for hydroxylation is 1. The number of hydrogen-bond donors (Lipinski definition) is 3. The number of carbonyl (C=O) groups is 1. The lowest BCUT2D eigenvalue weighted by atomic mass is 10.1. The fourth-order valence-electron chi connectivity index (χ4n) is 4.86. The second-order valence-electron chi connectivity index (χ2n) is 9.73. The van der Waals surface area contributed by atoms with Crippen LogP contribution in [0.4, 0.5) is 24.5 Å². The van der Waals surface area contributed by atoms with E-state index in [-0.39, 0.29) is 17.0 Å². The van der Waals surface area contributed by atoms with Crippen molar-refractivity contribution in [3.8, 4) is 5.75 Å². The van der Waals surface area contributed by atoms with Crippen molar-refractivity contribution >= 4 is 34.6 Å². The number of hydrogen-bond acceptors (Lipinski definition) is 7. The van der Waals surface area contributed by atoms with Gasteiger partial charge in [-0.2, -0.15) is 18.3 Å². The Bertz CT molecular complexity index is 1470. The van der Waals surface area contributed by atoms with Crippen molar-refractivity contribution in [2.24, 2.45) is 7.05 Å². The van der Waals surface area contributed by atoms with Gasteiger partial charge in [0.2, 0.25) is 0 Å². The summed E-state index contributed by atoms with van der Waals surface area (Å²) in [5.74, 6) is -0.408. The Morgan fingerprint density at radius 1 is 1.20 bits per heavy atom. The van der Waals surface area contributed by atoms with Gasteiger partial charge in [-0.3, -0.25) is 19.4 Å². The van der Waals surface area contributed by atoms with Crippen molar-refractivity contribution in [3.63, 3.8) is 0 Å². The van der Waals surface area contributed by atoms with Gasteiger partial charge < -0.3 is 15.5 Å². The highest BCUT2D eigenvalue weighted by atomic mass is 35.5.